The van der Waals surface area contributed by atoms with Crippen molar-refractivity contribution in [3.63, 3.8) is 0 Å². The summed E-state index contributed by atoms with van der Waals surface area (Å²) in [5, 5.41) is 3.83. The zero-order valence-electron chi connectivity index (χ0n) is 14.1. The minimum absolute atomic E-state index is 0.832. The predicted molar refractivity (Wildman–Crippen MR) is 99.3 cm³/mol. The minimum Gasteiger partial charge on any atom is -0.303 e. The second-order valence-corrected chi connectivity index (χ2v) is 9.12. The maximum absolute atomic E-state index is 2.76. The summed E-state index contributed by atoms with van der Waals surface area (Å²) in [4.78, 5) is 2.76. The van der Waals surface area contributed by atoms with E-state index in [-0.39, 0.29) is 0 Å². The van der Waals surface area contributed by atoms with Gasteiger partial charge in [-0.25, -0.2) is 0 Å². The smallest absolute Gasteiger partial charge is 0.0345 e. The molecule has 1 saturated heterocycles. The molecule has 1 aliphatic heterocycles. The normalized spacial score (nSPS) is 34.0. The number of nitrogens with zero attached hydrogens (tertiary/aromatic N) is 1. The Bertz CT molecular complexity index is 712. The van der Waals surface area contributed by atoms with E-state index >= 15 is 0 Å². The SMILES string of the molecule is Cc1csc2ccc(C3C4CCC(C4)C3CN3CCCC3)cc12. The van der Waals surface area contributed by atoms with Gasteiger partial charge in [0.05, 0.1) is 0 Å². The van der Waals surface area contributed by atoms with Crippen LogP contribution in [0.2, 0.25) is 0 Å². The summed E-state index contributed by atoms with van der Waals surface area (Å²) in [6.45, 7) is 6.34. The molecule has 2 heterocycles. The molecule has 4 unspecified atom stereocenters. The molecule has 0 amide bonds. The Morgan fingerprint density at radius 1 is 1.13 bits per heavy atom. The lowest BCUT2D eigenvalue weighted by molar-refractivity contribution is 0.197. The van der Waals surface area contributed by atoms with E-state index in [1.165, 1.54) is 67.4 Å². The summed E-state index contributed by atoms with van der Waals surface area (Å²) in [7, 11) is 0. The van der Waals surface area contributed by atoms with Gasteiger partial charge in [-0.15, -0.1) is 11.3 Å². The van der Waals surface area contributed by atoms with Crippen molar-refractivity contribution in [2.75, 3.05) is 19.6 Å². The highest BCUT2D eigenvalue weighted by atomic mass is 32.1. The average Bonchev–Trinajstić information content (AvgIpc) is 3.33. The quantitative estimate of drug-likeness (QED) is 0.727. The molecule has 3 aliphatic rings. The molecule has 2 saturated carbocycles. The van der Waals surface area contributed by atoms with Crippen LogP contribution in [0.1, 0.15) is 49.1 Å². The molecule has 5 rings (SSSR count). The molecular weight excluding hydrogens is 298 g/mol. The van der Waals surface area contributed by atoms with Crippen molar-refractivity contribution in [2.24, 2.45) is 17.8 Å². The first-order chi connectivity index (χ1) is 11.3. The van der Waals surface area contributed by atoms with Crippen LogP contribution in [-0.2, 0) is 0 Å². The lowest BCUT2D eigenvalue weighted by Crippen LogP contribution is -2.33. The predicted octanol–water partition coefficient (Wildman–Crippen LogP) is 5.44. The zero-order valence-corrected chi connectivity index (χ0v) is 14.9. The summed E-state index contributed by atoms with van der Waals surface area (Å²) in [5.41, 5.74) is 3.11. The van der Waals surface area contributed by atoms with Crippen molar-refractivity contribution in [1.82, 2.24) is 4.90 Å². The number of rotatable bonds is 3. The van der Waals surface area contributed by atoms with Crippen molar-refractivity contribution in [3.05, 3.63) is 34.7 Å². The van der Waals surface area contributed by atoms with Crippen molar-refractivity contribution in [2.45, 2.75) is 44.9 Å². The largest absolute Gasteiger partial charge is 0.303 e. The summed E-state index contributed by atoms with van der Waals surface area (Å²) < 4.78 is 1.46. The van der Waals surface area contributed by atoms with Crippen LogP contribution in [0, 0.1) is 24.7 Å². The lowest BCUT2D eigenvalue weighted by atomic mass is 9.75. The molecule has 1 aromatic heterocycles. The molecule has 1 aromatic carbocycles. The van der Waals surface area contributed by atoms with E-state index in [2.05, 4.69) is 35.4 Å². The number of likely N-dealkylation sites (tertiary alicyclic amines) is 1. The number of hydrogen-bond donors (Lipinski definition) is 0. The third kappa shape index (κ3) is 2.37. The van der Waals surface area contributed by atoms with Gasteiger partial charge >= 0.3 is 0 Å². The monoisotopic (exact) mass is 325 g/mol. The standard InChI is InChI=1S/C21H27NS/c1-14-13-23-20-7-6-17(11-18(14)20)21-16-5-4-15(10-16)19(21)12-22-8-2-3-9-22/h6-7,11,13,15-16,19,21H,2-5,8-10,12H2,1H3. The molecular formula is C21H27NS. The molecule has 23 heavy (non-hydrogen) atoms. The Balaban J connectivity index is 1.48. The van der Waals surface area contributed by atoms with Crippen LogP contribution < -0.4 is 0 Å². The topological polar surface area (TPSA) is 3.24 Å². The van der Waals surface area contributed by atoms with E-state index < -0.39 is 0 Å². The maximum Gasteiger partial charge on any atom is 0.0345 e. The molecule has 0 radical (unpaired) electrons. The van der Waals surface area contributed by atoms with Crippen LogP contribution in [0.4, 0.5) is 0 Å². The van der Waals surface area contributed by atoms with E-state index in [0.717, 1.165) is 23.7 Å². The minimum atomic E-state index is 0.832. The lowest BCUT2D eigenvalue weighted by Gasteiger charge is -2.34. The highest BCUT2D eigenvalue weighted by Gasteiger charge is 2.48. The molecule has 0 spiro atoms. The van der Waals surface area contributed by atoms with E-state index in [1.54, 1.807) is 5.56 Å². The molecule has 3 fully saturated rings. The summed E-state index contributed by atoms with van der Waals surface area (Å²) >= 11 is 1.90. The van der Waals surface area contributed by atoms with Gasteiger partial charge in [-0.3, -0.25) is 0 Å². The van der Waals surface area contributed by atoms with Gasteiger partial charge in [0.15, 0.2) is 0 Å². The Morgan fingerprint density at radius 2 is 1.96 bits per heavy atom. The Hall–Kier alpha value is -0.860. The Labute approximate surface area is 143 Å². The van der Waals surface area contributed by atoms with Gasteiger partial charge in [-0.05, 0) is 110 Å². The first-order valence-corrected chi connectivity index (χ1v) is 10.4. The third-order valence-corrected chi connectivity index (χ3v) is 8.01. The van der Waals surface area contributed by atoms with Crippen LogP contribution in [0.5, 0.6) is 0 Å². The molecule has 0 N–H and O–H groups in total. The average molecular weight is 326 g/mol. The molecule has 2 aromatic rings. The Kier molecular flexibility index (Phi) is 3.52. The first kappa shape index (κ1) is 14.5. The van der Waals surface area contributed by atoms with Crippen LogP contribution in [0.15, 0.2) is 23.6 Å². The number of thiophene rings is 1. The van der Waals surface area contributed by atoms with Crippen LogP contribution in [0.25, 0.3) is 10.1 Å². The van der Waals surface area contributed by atoms with Crippen LogP contribution in [-0.4, -0.2) is 24.5 Å². The molecule has 122 valence electrons. The van der Waals surface area contributed by atoms with E-state index in [1.807, 2.05) is 11.3 Å². The fourth-order valence-corrected chi connectivity index (χ4v) is 6.76. The molecule has 1 nitrogen and oxygen atoms in total. The maximum atomic E-state index is 2.76. The zero-order chi connectivity index (χ0) is 15.4. The Morgan fingerprint density at radius 3 is 2.83 bits per heavy atom. The summed E-state index contributed by atoms with van der Waals surface area (Å²) in [6.07, 6.45) is 7.33. The second-order valence-electron chi connectivity index (χ2n) is 8.20. The third-order valence-electron chi connectivity index (χ3n) is 6.93. The van der Waals surface area contributed by atoms with Gasteiger partial charge < -0.3 is 4.90 Å². The van der Waals surface area contributed by atoms with Gasteiger partial charge in [0, 0.05) is 11.2 Å². The fraction of sp³-hybridized carbons (Fsp3) is 0.619. The van der Waals surface area contributed by atoms with Gasteiger partial charge in [-0.1, -0.05) is 6.07 Å². The number of benzene rings is 1. The second kappa shape index (κ2) is 5.60. The van der Waals surface area contributed by atoms with Gasteiger partial charge in [0.25, 0.3) is 0 Å². The number of fused-ring (bicyclic) bond motifs is 3. The molecule has 2 bridgehead atoms. The number of aryl methyl sites for hydroxylation is 1. The first-order valence-electron chi connectivity index (χ1n) is 9.50. The van der Waals surface area contributed by atoms with Gasteiger partial charge in [0.1, 0.15) is 0 Å². The number of hydrogen-bond acceptors (Lipinski definition) is 2. The van der Waals surface area contributed by atoms with E-state index in [9.17, 15) is 0 Å². The van der Waals surface area contributed by atoms with Crippen LogP contribution in [0.3, 0.4) is 0 Å². The molecule has 2 aliphatic carbocycles. The van der Waals surface area contributed by atoms with E-state index in [4.69, 9.17) is 0 Å². The van der Waals surface area contributed by atoms with Crippen molar-refractivity contribution >= 4 is 21.4 Å². The van der Waals surface area contributed by atoms with Gasteiger partial charge in [0.2, 0.25) is 0 Å². The fourth-order valence-electron chi connectivity index (χ4n) is 5.84. The highest BCUT2D eigenvalue weighted by molar-refractivity contribution is 7.17. The highest BCUT2D eigenvalue weighted by Crippen LogP contribution is 2.57. The van der Waals surface area contributed by atoms with Gasteiger partial charge in [-0.2, -0.15) is 0 Å². The molecule has 2 heteroatoms. The summed E-state index contributed by atoms with van der Waals surface area (Å²) in [6, 6.07) is 7.39. The summed E-state index contributed by atoms with van der Waals surface area (Å²) in [5.74, 6) is 3.72. The van der Waals surface area contributed by atoms with E-state index in [0.29, 0.717) is 0 Å². The van der Waals surface area contributed by atoms with Crippen molar-refractivity contribution in [1.29, 1.82) is 0 Å². The molecule has 4 atom stereocenters. The van der Waals surface area contributed by atoms with Crippen LogP contribution >= 0.6 is 11.3 Å². The van der Waals surface area contributed by atoms with Crippen molar-refractivity contribution in [3.8, 4) is 0 Å². The van der Waals surface area contributed by atoms with Crippen molar-refractivity contribution < 1.29 is 0 Å².